The number of nitrogens with zero attached hydrogens (tertiary/aromatic N) is 2. The van der Waals surface area contributed by atoms with E-state index in [-0.39, 0.29) is 17.9 Å². The highest BCUT2D eigenvalue weighted by molar-refractivity contribution is 7.14. The van der Waals surface area contributed by atoms with Crippen molar-refractivity contribution in [2.24, 2.45) is 0 Å². The van der Waals surface area contributed by atoms with Gasteiger partial charge in [-0.25, -0.2) is 4.98 Å². The number of aryl methyl sites for hydroxylation is 1. The van der Waals surface area contributed by atoms with Crippen LogP contribution in [-0.2, 0) is 10.2 Å². The van der Waals surface area contributed by atoms with Crippen LogP contribution in [0.25, 0.3) is 0 Å². The van der Waals surface area contributed by atoms with Crippen molar-refractivity contribution in [1.82, 2.24) is 9.88 Å². The lowest BCUT2D eigenvalue weighted by Crippen LogP contribution is -2.35. The number of aliphatic carboxylic acids is 1. The number of carboxylic acid groups (broad SMARTS) is 1. The maximum absolute atomic E-state index is 12.3. The van der Waals surface area contributed by atoms with Gasteiger partial charge >= 0.3 is 5.97 Å². The molecular formula is C13H20N2O3S. The number of rotatable bonds is 4. The summed E-state index contributed by atoms with van der Waals surface area (Å²) in [7, 11) is 0. The second kappa shape index (κ2) is 5.69. The fourth-order valence-electron chi connectivity index (χ4n) is 1.55. The van der Waals surface area contributed by atoms with Crippen LogP contribution < -0.4 is 0 Å². The Labute approximate surface area is 117 Å². The third-order valence-corrected chi connectivity index (χ3v) is 4.20. The summed E-state index contributed by atoms with van der Waals surface area (Å²) in [5, 5.41) is 9.70. The summed E-state index contributed by atoms with van der Waals surface area (Å²) in [5.74, 6) is -1.26. The summed E-state index contributed by atoms with van der Waals surface area (Å²) >= 11 is 1.35. The molecule has 0 atom stereocenters. The molecule has 106 valence electrons. The minimum absolute atomic E-state index is 0.113. The predicted octanol–water partition coefficient (Wildman–Crippen LogP) is 2.30. The van der Waals surface area contributed by atoms with E-state index in [1.54, 1.807) is 13.8 Å². The van der Waals surface area contributed by atoms with Crippen LogP contribution in [0.15, 0.2) is 0 Å². The maximum Gasteiger partial charge on any atom is 0.323 e. The molecule has 1 rings (SSSR count). The molecule has 0 saturated carbocycles. The van der Waals surface area contributed by atoms with Crippen LogP contribution in [0.3, 0.4) is 0 Å². The Balaban J connectivity index is 3.05. The number of carboxylic acids is 1. The molecule has 0 aliphatic heterocycles. The number of hydrogen-bond acceptors (Lipinski definition) is 4. The Kier molecular flexibility index (Phi) is 4.68. The smallest absolute Gasteiger partial charge is 0.323 e. The molecule has 0 fully saturated rings. The molecule has 6 heteroatoms. The third-order valence-electron chi connectivity index (χ3n) is 2.63. The Hall–Kier alpha value is -1.43. The van der Waals surface area contributed by atoms with Crippen molar-refractivity contribution in [3.8, 4) is 0 Å². The van der Waals surface area contributed by atoms with Crippen LogP contribution in [0.2, 0.25) is 0 Å². The zero-order valence-electron chi connectivity index (χ0n) is 12.0. The summed E-state index contributed by atoms with van der Waals surface area (Å²) in [6.07, 6.45) is 0. The van der Waals surface area contributed by atoms with E-state index in [0.29, 0.717) is 17.1 Å². The van der Waals surface area contributed by atoms with E-state index >= 15 is 0 Å². The Morgan fingerprint density at radius 1 is 1.37 bits per heavy atom. The highest BCUT2D eigenvalue weighted by Gasteiger charge is 2.26. The molecule has 0 radical (unpaired) electrons. The lowest BCUT2D eigenvalue weighted by atomic mass is 9.98. The summed E-state index contributed by atoms with van der Waals surface area (Å²) in [4.78, 5) is 29.3. The quantitative estimate of drug-likeness (QED) is 0.921. The average molecular weight is 284 g/mol. The Morgan fingerprint density at radius 3 is 2.32 bits per heavy atom. The Morgan fingerprint density at radius 2 is 1.95 bits per heavy atom. The molecule has 0 spiro atoms. The first-order valence-corrected chi connectivity index (χ1v) is 6.97. The molecule has 1 N–H and O–H groups in total. The SMILES string of the molecule is CCN(CC(=O)O)C(=O)c1sc(C(C)(C)C)nc1C. The second-order valence-corrected chi connectivity index (χ2v) is 6.40. The standard InChI is InChI=1S/C13H20N2O3S/c1-6-15(7-9(16)17)11(18)10-8(2)14-12(19-10)13(3,4)5/h6-7H2,1-5H3,(H,16,17). The molecular weight excluding hydrogens is 264 g/mol. The highest BCUT2D eigenvalue weighted by atomic mass is 32.1. The summed E-state index contributed by atoms with van der Waals surface area (Å²) in [5.41, 5.74) is 0.557. The average Bonchev–Trinajstić information content (AvgIpc) is 2.66. The Bertz CT molecular complexity index is 489. The van der Waals surface area contributed by atoms with Crippen LogP contribution in [0.5, 0.6) is 0 Å². The van der Waals surface area contributed by atoms with Crippen LogP contribution in [0, 0.1) is 6.92 Å². The molecule has 1 heterocycles. The van der Waals surface area contributed by atoms with Crippen LogP contribution >= 0.6 is 11.3 Å². The fourth-order valence-corrected chi connectivity index (χ4v) is 2.64. The van der Waals surface area contributed by atoms with E-state index in [1.165, 1.54) is 16.2 Å². The lowest BCUT2D eigenvalue weighted by molar-refractivity contribution is -0.137. The van der Waals surface area contributed by atoms with Gasteiger partial charge in [0.25, 0.3) is 5.91 Å². The van der Waals surface area contributed by atoms with Gasteiger partial charge in [0.1, 0.15) is 11.4 Å². The van der Waals surface area contributed by atoms with E-state index in [1.807, 2.05) is 20.8 Å². The minimum Gasteiger partial charge on any atom is -0.480 e. The molecule has 0 aromatic carbocycles. The largest absolute Gasteiger partial charge is 0.480 e. The second-order valence-electron chi connectivity index (χ2n) is 5.40. The summed E-state index contributed by atoms with van der Waals surface area (Å²) in [6.45, 7) is 9.75. The van der Waals surface area contributed by atoms with Crippen LogP contribution in [0.1, 0.15) is 48.1 Å². The number of carbonyl (C=O) groups is 2. The van der Waals surface area contributed by atoms with E-state index in [2.05, 4.69) is 4.98 Å². The molecule has 19 heavy (non-hydrogen) atoms. The molecule has 1 aromatic heterocycles. The van der Waals surface area contributed by atoms with E-state index in [9.17, 15) is 9.59 Å². The van der Waals surface area contributed by atoms with Gasteiger partial charge in [0, 0.05) is 12.0 Å². The van der Waals surface area contributed by atoms with Gasteiger partial charge in [-0.3, -0.25) is 9.59 Å². The maximum atomic E-state index is 12.3. The van der Waals surface area contributed by atoms with Crippen molar-refractivity contribution in [2.75, 3.05) is 13.1 Å². The van der Waals surface area contributed by atoms with Gasteiger partial charge in [-0.1, -0.05) is 20.8 Å². The first-order valence-electron chi connectivity index (χ1n) is 6.15. The van der Waals surface area contributed by atoms with Gasteiger partial charge in [-0.05, 0) is 13.8 Å². The van der Waals surface area contributed by atoms with Crippen molar-refractivity contribution in [3.63, 3.8) is 0 Å². The molecule has 0 aliphatic carbocycles. The van der Waals surface area contributed by atoms with Crippen LogP contribution in [0.4, 0.5) is 0 Å². The van der Waals surface area contributed by atoms with Crippen molar-refractivity contribution >= 4 is 23.2 Å². The molecule has 0 unspecified atom stereocenters. The van der Waals surface area contributed by atoms with Gasteiger partial charge in [-0.15, -0.1) is 11.3 Å². The predicted molar refractivity (Wildman–Crippen MR) is 74.8 cm³/mol. The molecule has 1 amide bonds. The molecule has 0 bridgehead atoms. The summed E-state index contributed by atoms with van der Waals surface area (Å²) in [6, 6.07) is 0. The van der Waals surface area contributed by atoms with Gasteiger partial charge in [0.2, 0.25) is 0 Å². The number of amides is 1. The minimum atomic E-state index is -1.01. The van der Waals surface area contributed by atoms with Crippen molar-refractivity contribution in [1.29, 1.82) is 0 Å². The molecule has 0 saturated heterocycles. The van der Waals surface area contributed by atoms with Gasteiger partial charge in [0.15, 0.2) is 0 Å². The van der Waals surface area contributed by atoms with Crippen molar-refractivity contribution in [2.45, 2.75) is 40.0 Å². The third kappa shape index (κ3) is 3.76. The number of hydrogen-bond donors (Lipinski definition) is 1. The first kappa shape index (κ1) is 15.6. The monoisotopic (exact) mass is 284 g/mol. The van der Waals surface area contributed by atoms with Gasteiger partial charge in [0.05, 0.1) is 10.7 Å². The number of aromatic nitrogens is 1. The lowest BCUT2D eigenvalue weighted by Gasteiger charge is -2.17. The van der Waals surface area contributed by atoms with E-state index in [0.717, 1.165) is 5.01 Å². The number of carbonyl (C=O) groups excluding carboxylic acids is 1. The first-order chi connectivity index (χ1) is 8.66. The number of thiazole rings is 1. The topological polar surface area (TPSA) is 70.5 Å². The highest BCUT2D eigenvalue weighted by Crippen LogP contribution is 2.29. The summed E-state index contributed by atoms with van der Waals surface area (Å²) < 4.78 is 0. The van der Waals surface area contributed by atoms with Gasteiger partial charge in [-0.2, -0.15) is 0 Å². The van der Waals surface area contributed by atoms with E-state index < -0.39 is 5.97 Å². The molecule has 1 aromatic rings. The zero-order valence-corrected chi connectivity index (χ0v) is 12.8. The molecule has 0 aliphatic rings. The zero-order chi connectivity index (χ0) is 14.8. The normalized spacial score (nSPS) is 11.4. The van der Waals surface area contributed by atoms with E-state index in [4.69, 9.17) is 5.11 Å². The molecule has 5 nitrogen and oxygen atoms in total. The van der Waals surface area contributed by atoms with Crippen molar-refractivity contribution < 1.29 is 14.7 Å². The fraction of sp³-hybridized carbons (Fsp3) is 0.615. The number of likely N-dealkylation sites (N-methyl/N-ethyl adjacent to an activating group) is 1. The van der Waals surface area contributed by atoms with Crippen LogP contribution in [-0.4, -0.2) is 40.0 Å². The van der Waals surface area contributed by atoms with Crippen molar-refractivity contribution in [3.05, 3.63) is 15.6 Å². The van der Waals surface area contributed by atoms with Gasteiger partial charge < -0.3 is 10.0 Å².